The van der Waals surface area contributed by atoms with E-state index in [0.717, 1.165) is 39.0 Å². The van der Waals surface area contributed by atoms with Crippen LogP contribution in [0.2, 0.25) is 0 Å². The minimum absolute atomic E-state index is 0. The molecule has 1 aliphatic carbocycles. The summed E-state index contributed by atoms with van der Waals surface area (Å²) in [5.41, 5.74) is 0. The van der Waals surface area contributed by atoms with Crippen molar-refractivity contribution >= 4 is 24.2 Å². The highest BCUT2D eigenvalue weighted by Gasteiger charge is 2.35. The highest BCUT2D eigenvalue weighted by molar-refractivity contribution is 5.85. The summed E-state index contributed by atoms with van der Waals surface area (Å²) >= 11 is 0. The molecule has 2 unspecified atom stereocenters. The molecule has 0 radical (unpaired) electrons. The quantitative estimate of drug-likeness (QED) is 0.814. The maximum atomic E-state index is 12.7. The Kier molecular flexibility index (Phi) is 6.84. The van der Waals surface area contributed by atoms with E-state index in [0.29, 0.717) is 36.2 Å². The highest BCUT2D eigenvalue weighted by Crippen LogP contribution is 2.33. The van der Waals surface area contributed by atoms with Crippen LogP contribution in [0.25, 0.3) is 0 Å². The van der Waals surface area contributed by atoms with Gasteiger partial charge in [0, 0.05) is 50.6 Å². The number of hydrogen-bond acceptors (Lipinski definition) is 3. The molecule has 4 fully saturated rings. The van der Waals surface area contributed by atoms with Crippen LogP contribution in [0.3, 0.4) is 0 Å². The van der Waals surface area contributed by atoms with Crippen LogP contribution in [0, 0.1) is 11.8 Å². The molecule has 2 atom stereocenters. The van der Waals surface area contributed by atoms with E-state index in [1.807, 2.05) is 9.80 Å². The molecule has 3 aliphatic heterocycles. The first-order valence-corrected chi connectivity index (χ1v) is 10.5. The SMILES string of the molecule is Cl.O=C(CC1CC2CCC(C1)N2)N1CCN(C(=O)C2CCCCC2)CC1. The first kappa shape index (κ1) is 19.9. The molecule has 3 heterocycles. The van der Waals surface area contributed by atoms with Crippen molar-refractivity contribution in [2.45, 2.75) is 76.3 Å². The fourth-order valence-corrected chi connectivity index (χ4v) is 5.50. The van der Waals surface area contributed by atoms with E-state index in [4.69, 9.17) is 0 Å². The largest absolute Gasteiger partial charge is 0.339 e. The van der Waals surface area contributed by atoms with Crippen LogP contribution >= 0.6 is 12.4 Å². The Hall–Kier alpha value is -0.810. The molecular formula is C20H34ClN3O2. The Morgan fingerprint density at radius 3 is 2.00 bits per heavy atom. The highest BCUT2D eigenvalue weighted by atomic mass is 35.5. The van der Waals surface area contributed by atoms with E-state index < -0.39 is 0 Å². The van der Waals surface area contributed by atoms with Crippen molar-refractivity contribution in [1.29, 1.82) is 0 Å². The monoisotopic (exact) mass is 383 g/mol. The number of halogens is 1. The zero-order valence-corrected chi connectivity index (χ0v) is 16.6. The zero-order valence-electron chi connectivity index (χ0n) is 15.8. The standard InChI is InChI=1S/C20H33N3O2.ClH/c24-19(14-15-12-17-6-7-18(13-15)21-17)22-8-10-23(11-9-22)20(25)16-4-2-1-3-5-16;/h15-18,21H,1-14H2;1H. The van der Waals surface area contributed by atoms with Crippen molar-refractivity contribution in [2.24, 2.45) is 11.8 Å². The van der Waals surface area contributed by atoms with Crippen molar-refractivity contribution in [3.63, 3.8) is 0 Å². The zero-order chi connectivity index (χ0) is 17.2. The van der Waals surface area contributed by atoms with Crippen LogP contribution in [0.1, 0.15) is 64.2 Å². The molecule has 148 valence electrons. The first-order valence-electron chi connectivity index (χ1n) is 10.5. The van der Waals surface area contributed by atoms with Crippen LogP contribution in [0.15, 0.2) is 0 Å². The van der Waals surface area contributed by atoms with E-state index >= 15 is 0 Å². The molecule has 2 bridgehead atoms. The van der Waals surface area contributed by atoms with Crippen LogP contribution in [-0.2, 0) is 9.59 Å². The maximum absolute atomic E-state index is 12.7. The first-order chi connectivity index (χ1) is 12.2. The fraction of sp³-hybridized carbons (Fsp3) is 0.900. The number of fused-ring (bicyclic) bond motifs is 2. The lowest BCUT2D eigenvalue weighted by atomic mass is 9.88. The van der Waals surface area contributed by atoms with Crippen LogP contribution < -0.4 is 5.32 Å². The van der Waals surface area contributed by atoms with Gasteiger partial charge in [0.15, 0.2) is 0 Å². The van der Waals surface area contributed by atoms with Gasteiger partial charge in [0.25, 0.3) is 0 Å². The van der Waals surface area contributed by atoms with E-state index in [1.165, 1.54) is 44.9 Å². The van der Waals surface area contributed by atoms with Gasteiger partial charge in [-0.1, -0.05) is 19.3 Å². The number of piperidine rings is 1. The van der Waals surface area contributed by atoms with E-state index in [1.54, 1.807) is 0 Å². The van der Waals surface area contributed by atoms with Crippen molar-refractivity contribution in [3.8, 4) is 0 Å². The van der Waals surface area contributed by atoms with Crippen molar-refractivity contribution in [1.82, 2.24) is 15.1 Å². The molecule has 2 amide bonds. The number of nitrogens with zero attached hydrogens (tertiary/aromatic N) is 2. The third kappa shape index (κ3) is 4.53. The molecular weight excluding hydrogens is 350 g/mol. The third-order valence-electron chi connectivity index (χ3n) is 6.93. The molecule has 6 heteroatoms. The van der Waals surface area contributed by atoms with Crippen LogP contribution in [0.4, 0.5) is 0 Å². The Morgan fingerprint density at radius 1 is 0.808 bits per heavy atom. The predicted octanol–water partition coefficient (Wildman–Crippen LogP) is 2.58. The molecule has 0 aromatic heterocycles. The molecule has 26 heavy (non-hydrogen) atoms. The van der Waals surface area contributed by atoms with Crippen LogP contribution in [0.5, 0.6) is 0 Å². The third-order valence-corrected chi connectivity index (χ3v) is 6.93. The van der Waals surface area contributed by atoms with E-state index in [2.05, 4.69) is 5.32 Å². The van der Waals surface area contributed by atoms with Gasteiger partial charge in [-0.3, -0.25) is 9.59 Å². The summed E-state index contributed by atoms with van der Waals surface area (Å²) in [6.45, 7) is 2.93. The number of amides is 2. The number of piperazine rings is 1. The summed E-state index contributed by atoms with van der Waals surface area (Å²) in [6, 6.07) is 1.31. The van der Waals surface area contributed by atoms with Crippen molar-refractivity contribution < 1.29 is 9.59 Å². The van der Waals surface area contributed by atoms with Gasteiger partial charge in [-0.25, -0.2) is 0 Å². The van der Waals surface area contributed by atoms with Crippen LogP contribution in [-0.4, -0.2) is 59.9 Å². The molecule has 4 rings (SSSR count). The van der Waals surface area contributed by atoms with E-state index in [-0.39, 0.29) is 18.3 Å². The Bertz CT molecular complexity index is 489. The molecule has 1 saturated carbocycles. The topological polar surface area (TPSA) is 52.7 Å². The van der Waals surface area contributed by atoms with Gasteiger partial charge in [-0.05, 0) is 44.4 Å². The lowest BCUT2D eigenvalue weighted by molar-refractivity contribution is -0.143. The molecule has 1 N–H and O–H groups in total. The molecule has 0 aromatic rings. The second-order valence-electron chi connectivity index (χ2n) is 8.72. The van der Waals surface area contributed by atoms with Gasteiger partial charge in [-0.2, -0.15) is 0 Å². The minimum Gasteiger partial charge on any atom is -0.339 e. The summed E-state index contributed by atoms with van der Waals surface area (Å²) in [5.74, 6) is 1.48. The summed E-state index contributed by atoms with van der Waals surface area (Å²) in [5, 5.41) is 3.65. The number of carbonyl (C=O) groups excluding carboxylic acids is 2. The lowest BCUT2D eigenvalue weighted by Crippen LogP contribution is -2.52. The molecule has 0 aromatic carbocycles. The smallest absolute Gasteiger partial charge is 0.225 e. The number of nitrogens with one attached hydrogen (secondary N) is 1. The molecule has 4 aliphatic rings. The average molecular weight is 384 g/mol. The van der Waals surface area contributed by atoms with Crippen molar-refractivity contribution in [2.75, 3.05) is 26.2 Å². The maximum Gasteiger partial charge on any atom is 0.225 e. The lowest BCUT2D eigenvalue weighted by Gasteiger charge is -2.38. The Morgan fingerprint density at radius 2 is 1.38 bits per heavy atom. The van der Waals surface area contributed by atoms with Gasteiger partial charge in [0.1, 0.15) is 0 Å². The van der Waals surface area contributed by atoms with Gasteiger partial charge < -0.3 is 15.1 Å². The Balaban J connectivity index is 0.00000196. The fourth-order valence-electron chi connectivity index (χ4n) is 5.50. The summed E-state index contributed by atoms with van der Waals surface area (Å²) in [6.07, 6.45) is 11.4. The van der Waals surface area contributed by atoms with Gasteiger partial charge in [-0.15, -0.1) is 12.4 Å². The predicted molar refractivity (Wildman–Crippen MR) is 104 cm³/mol. The summed E-state index contributed by atoms with van der Waals surface area (Å²) in [4.78, 5) is 29.3. The average Bonchev–Trinajstić information content (AvgIpc) is 3.00. The molecule has 5 nitrogen and oxygen atoms in total. The molecule has 0 spiro atoms. The van der Waals surface area contributed by atoms with Crippen molar-refractivity contribution in [3.05, 3.63) is 0 Å². The minimum atomic E-state index is 0. The second kappa shape index (κ2) is 8.92. The second-order valence-corrected chi connectivity index (χ2v) is 8.72. The number of hydrogen-bond donors (Lipinski definition) is 1. The summed E-state index contributed by atoms with van der Waals surface area (Å²) in [7, 11) is 0. The Labute approximate surface area is 163 Å². The normalized spacial score (nSPS) is 32.2. The van der Waals surface area contributed by atoms with Gasteiger partial charge >= 0.3 is 0 Å². The van der Waals surface area contributed by atoms with E-state index in [9.17, 15) is 9.59 Å². The number of carbonyl (C=O) groups is 2. The number of rotatable bonds is 3. The molecule has 3 saturated heterocycles. The summed E-state index contributed by atoms with van der Waals surface area (Å²) < 4.78 is 0. The van der Waals surface area contributed by atoms with Gasteiger partial charge in [0.05, 0.1) is 0 Å². The van der Waals surface area contributed by atoms with Gasteiger partial charge in [0.2, 0.25) is 11.8 Å².